The number of nitrogens with zero attached hydrogens (tertiary/aromatic N) is 1. The molecule has 46 heavy (non-hydrogen) atoms. The molecule has 0 atom stereocenters. The molecule has 2 nitrogen and oxygen atoms in total. The molecule has 0 radical (unpaired) electrons. The summed E-state index contributed by atoms with van der Waals surface area (Å²) in [6, 6.07) is 62.7. The predicted octanol–water partition coefficient (Wildman–Crippen LogP) is 12.7. The Labute approximate surface area is 267 Å². The van der Waals surface area contributed by atoms with Crippen LogP contribution in [0.3, 0.4) is 0 Å². The molecule has 0 aliphatic heterocycles. The average molecular weight is 588 g/mol. The van der Waals surface area contributed by atoms with Gasteiger partial charge in [0.05, 0.1) is 5.69 Å². The van der Waals surface area contributed by atoms with Crippen molar-refractivity contribution in [2.24, 2.45) is 0 Å². The van der Waals surface area contributed by atoms with Crippen LogP contribution in [0.25, 0.3) is 65.7 Å². The second-order valence-corrected chi connectivity index (χ2v) is 11.8. The molecule has 216 valence electrons. The molecule has 8 aromatic carbocycles. The van der Waals surface area contributed by atoms with Crippen molar-refractivity contribution in [3.8, 4) is 22.3 Å². The summed E-state index contributed by atoms with van der Waals surface area (Å²) in [4.78, 5) is 2.37. The van der Waals surface area contributed by atoms with E-state index in [0.29, 0.717) is 0 Å². The summed E-state index contributed by atoms with van der Waals surface area (Å²) < 4.78 is 6.51. The van der Waals surface area contributed by atoms with E-state index in [1.165, 1.54) is 43.8 Å². The highest BCUT2D eigenvalue weighted by atomic mass is 16.3. The first-order chi connectivity index (χ1) is 22.8. The van der Waals surface area contributed by atoms with E-state index < -0.39 is 0 Å². The SMILES string of the molecule is c1ccc(-c2ccc(N(c3ccc4ccc(-c5ccccc5)cc4c3)c3cc4oc5ccccc5c4c4ccccc34)cc2)cc1. The molecule has 9 aromatic rings. The summed E-state index contributed by atoms with van der Waals surface area (Å²) in [5, 5.41) is 7.04. The van der Waals surface area contributed by atoms with Gasteiger partial charge >= 0.3 is 0 Å². The minimum atomic E-state index is 0.882. The fourth-order valence-electron chi connectivity index (χ4n) is 6.80. The van der Waals surface area contributed by atoms with Crippen LogP contribution >= 0.6 is 0 Å². The van der Waals surface area contributed by atoms with Crippen LogP contribution in [0.5, 0.6) is 0 Å². The molecule has 0 saturated heterocycles. The van der Waals surface area contributed by atoms with Crippen LogP contribution in [0.2, 0.25) is 0 Å². The maximum Gasteiger partial charge on any atom is 0.138 e. The van der Waals surface area contributed by atoms with Crippen molar-refractivity contribution in [1.82, 2.24) is 0 Å². The van der Waals surface area contributed by atoms with Gasteiger partial charge in [0.15, 0.2) is 0 Å². The van der Waals surface area contributed by atoms with Crippen LogP contribution in [0.4, 0.5) is 17.1 Å². The Bertz CT molecular complexity index is 2510. The number of hydrogen-bond donors (Lipinski definition) is 0. The second kappa shape index (κ2) is 10.8. The molecular formula is C44H29NO. The van der Waals surface area contributed by atoms with Gasteiger partial charge in [0.25, 0.3) is 0 Å². The van der Waals surface area contributed by atoms with Gasteiger partial charge in [0.2, 0.25) is 0 Å². The van der Waals surface area contributed by atoms with Gasteiger partial charge in [-0.2, -0.15) is 0 Å². The molecule has 0 N–H and O–H groups in total. The van der Waals surface area contributed by atoms with E-state index in [9.17, 15) is 0 Å². The van der Waals surface area contributed by atoms with Crippen molar-refractivity contribution in [2.45, 2.75) is 0 Å². The van der Waals surface area contributed by atoms with E-state index in [0.717, 1.165) is 39.0 Å². The number of fused-ring (bicyclic) bond motifs is 6. The molecule has 0 aliphatic rings. The number of hydrogen-bond acceptors (Lipinski definition) is 2. The normalized spacial score (nSPS) is 11.5. The molecule has 0 bridgehead atoms. The zero-order valence-electron chi connectivity index (χ0n) is 25.1. The fourth-order valence-corrected chi connectivity index (χ4v) is 6.80. The van der Waals surface area contributed by atoms with Crippen molar-refractivity contribution < 1.29 is 4.42 Å². The molecule has 0 unspecified atom stereocenters. The Morgan fingerprint density at radius 1 is 0.348 bits per heavy atom. The summed E-state index contributed by atoms with van der Waals surface area (Å²) >= 11 is 0. The Hall–Kier alpha value is -6.12. The summed E-state index contributed by atoms with van der Waals surface area (Å²) in [5.74, 6) is 0. The summed E-state index contributed by atoms with van der Waals surface area (Å²) in [6.07, 6.45) is 0. The standard InChI is InChI=1S/C44H29NO/c1-3-11-30(12-4-1)32-21-24-36(25-22-32)45(37-26-23-33-19-20-34(27-35(33)28-37)31-13-5-2-6-14-31)41-29-43-44(39-16-8-7-15-38(39)41)40-17-9-10-18-42(40)46-43/h1-29H. The third-order valence-corrected chi connectivity index (χ3v) is 9.03. The monoisotopic (exact) mass is 587 g/mol. The van der Waals surface area contributed by atoms with Crippen molar-refractivity contribution in [1.29, 1.82) is 0 Å². The lowest BCUT2D eigenvalue weighted by atomic mass is 9.99. The third kappa shape index (κ3) is 4.43. The van der Waals surface area contributed by atoms with E-state index in [1.807, 2.05) is 6.07 Å². The zero-order chi connectivity index (χ0) is 30.5. The summed E-state index contributed by atoms with van der Waals surface area (Å²) in [6.45, 7) is 0. The number of rotatable bonds is 5. The fraction of sp³-hybridized carbons (Fsp3) is 0. The highest BCUT2D eigenvalue weighted by Crippen LogP contribution is 2.45. The molecule has 1 heterocycles. The van der Waals surface area contributed by atoms with E-state index in [-0.39, 0.29) is 0 Å². The summed E-state index contributed by atoms with van der Waals surface area (Å²) in [7, 11) is 0. The van der Waals surface area contributed by atoms with Gasteiger partial charge in [-0.25, -0.2) is 0 Å². The van der Waals surface area contributed by atoms with Gasteiger partial charge in [0.1, 0.15) is 11.2 Å². The first-order valence-electron chi connectivity index (χ1n) is 15.7. The van der Waals surface area contributed by atoms with E-state index in [4.69, 9.17) is 4.42 Å². The largest absolute Gasteiger partial charge is 0.456 e. The molecule has 0 spiro atoms. The van der Waals surface area contributed by atoms with Crippen molar-refractivity contribution in [3.05, 3.63) is 176 Å². The zero-order valence-corrected chi connectivity index (χ0v) is 25.1. The quantitative estimate of drug-likeness (QED) is 0.199. The lowest BCUT2D eigenvalue weighted by molar-refractivity contribution is 0.669. The van der Waals surface area contributed by atoms with Gasteiger partial charge in [-0.05, 0) is 74.8 Å². The molecule has 0 amide bonds. The first-order valence-corrected chi connectivity index (χ1v) is 15.7. The number of anilines is 3. The van der Waals surface area contributed by atoms with Gasteiger partial charge < -0.3 is 9.32 Å². The van der Waals surface area contributed by atoms with E-state index in [2.05, 4.69) is 175 Å². The van der Waals surface area contributed by atoms with E-state index >= 15 is 0 Å². The first kappa shape index (κ1) is 26.3. The minimum absolute atomic E-state index is 0.882. The Morgan fingerprint density at radius 2 is 0.913 bits per heavy atom. The molecule has 2 heteroatoms. The Balaban J connectivity index is 1.29. The van der Waals surface area contributed by atoms with Gasteiger partial charge in [0, 0.05) is 33.6 Å². The second-order valence-electron chi connectivity index (χ2n) is 11.8. The van der Waals surface area contributed by atoms with Crippen LogP contribution < -0.4 is 4.90 Å². The van der Waals surface area contributed by atoms with E-state index in [1.54, 1.807) is 0 Å². The van der Waals surface area contributed by atoms with Crippen LogP contribution in [0.15, 0.2) is 180 Å². The lowest BCUT2D eigenvalue weighted by Crippen LogP contribution is -2.10. The van der Waals surface area contributed by atoms with Gasteiger partial charge in [-0.1, -0.05) is 133 Å². The molecule has 0 fully saturated rings. The van der Waals surface area contributed by atoms with Gasteiger partial charge in [-0.3, -0.25) is 0 Å². The molecule has 9 rings (SSSR count). The van der Waals surface area contributed by atoms with Crippen LogP contribution in [-0.2, 0) is 0 Å². The smallest absolute Gasteiger partial charge is 0.138 e. The molecule has 1 aromatic heterocycles. The van der Waals surface area contributed by atoms with Crippen LogP contribution in [0.1, 0.15) is 0 Å². The van der Waals surface area contributed by atoms with Crippen molar-refractivity contribution >= 4 is 60.5 Å². The molecule has 0 saturated carbocycles. The highest BCUT2D eigenvalue weighted by Gasteiger charge is 2.20. The topological polar surface area (TPSA) is 16.4 Å². The Kier molecular flexibility index (Phi) is 6.17. The highest BCUT2D eigenvalue weighted by molar-refractivity contribution is 6.22. The molecular weight excluding hydrogens is 558 g/mol. The predicted molar refractivity (Wildman–Crippen MR) is 194 cm³/mol. The van der Waals surface area contributed by atoms with Crippen LogP contribution in [0, 0.1) is 0 Å². The number of furan rings is 1. The minimum Gasteiger partial charge on any atom is -0.456 e. The Morgan fingerprint density at radius 3 is 1.67 bits per heavy atom. The van der Waals surface area contributed by atoms with Crippen LogP contribution in [-0.4, -0.2) is 0 Å². The van der Waals surface area contributed by atoms with Crippen molar-refractivity contribution in [3.63, 3.8) is 0 Å². The summed E-state index contributed by atoms with van der Waals surface area (Å²) in [5.41, 5.74) is 9.84. The van der Waals surface area contributed by atoms with Crippen molar-refractivity contribution in [2.75, 3.05) is 4.90 Å². The number of benzene rings is 8. The average Bonchev–Trinajstić information content (AvgIpc) is 3.51. The molecule has 0 aliphatic carbocycles. The number of para-hydroxylation sites is 1. The maximum atomic E-state index is 6.51. The van der Waals surface area contributed by atoms with Gasteiger partial charge in [-0.15, -0.1) is 0 Å². The third-order valence-electron chi connectivity index (χ3n) is 9.03. The maximum absolute atomic E-state index is 6.51. The lowest BCUT2D eigenvalue weighted by Gasteiger charge is -2.27.